The molecule has 0 aliphatic carbocycles. The molecule has 0 nitrogen and oxygen atoms in total. The molecular weight excluding hydrogens is 366 g/mol. The minimum Gasteiger partial charge on any atom is -0.209 e. The van der Waals surface area contributed by atoms with E-state index in [-0.39, 0.29) is 21.5 Å². The van der Waals surface area contributed by atoms with Crippen molar-refractivity contribution in [1.82, 2.24) is 0 Å². The molecule has 0 rings (SSSR count). The molecule has 4 heteroatoms. The molecule has 0 aliphatic rings. The second kappa shape index (κ2) is 9.46. The molecule has 4 unspecified atom stereocenters. The first kappa shape index (κ1) is 18.6. The van der Waals surface area contributed by atoms with Crippen molar-refractivity contribution in [3.63, 3.8) is 0 Å². The summed E-state index contributed by atoms with van der Waals surface area (Å²) in [6.07, 6.45) is 2.81. The monoisotopic (exact) mass is 388 g/mol. The predicted molar refractivity (Wildman–Crippen MR) is 82.8 cm³/mol. The highest BCUT2D eigenvalue weighted by atomic mass is 79.9. The van der Waals surface area contributed by atoms with Crippen molar-refractivity contribution in [1.29, 1.82) is 0 Å². The van der Waals surface area contributed by atoms with E-state index in [9.17, 15) is 8.78 Å². The fourth-order valence-corrected chi connectivity index (χ4v) is 3.32. The summed E-state index contributed by atoms with van der Waals surface area (Å²) in [4.78, 5) is 0.00214. The van der Waals surface area contributed by atoms with Crippen LogP contribution in [-0.2, 0) is 0 Å². The van der Waals surface area contributed by atoms with Crippen LogP contribution in [0.3, 0.4) is 0 Å². The van der Waals surface area contributed by atoms with Crippen molar-refractivity contribution in [2.75, 3.05) is 0 Å². The smallest absolute Gasteiger partial charge is 0.136 e. The molecule has 0 N–H and O–H groups in total. The Bertz CT molecular complexity index is 241. The van der Waals surface area contributed by atoms with Crippen molar-refractivity contribution >= 4 is 31.9 Å². The van der Waals surface area contributed by atoms with E-state index in [1.165, 1.54) is 0 Å². The minimum absolute atomic E-state index is 0.00107. The van der Waals surface area contributed by atoms with Crippen LogP contribution in [0.5, 0.6) is 0 Å². The summed E-state index contributed by atoms with van der Waals surface area (Å²) in [7, 11) is 0. The zero-order chi connectivity index (χ0) is 14.3. The number of hydrogen-bond donors (Lipinski definition) is 0. The van der Waals surface area contributed by atoms with Crippen LogP contribution in [0.25, 0.3) is 0 Å². The SMILES string of the molecule is CCC(Br)C(CC)/C(F)=C(\F)C(CC)C(Br)CC. The molecule has 0 aliphatic heterocycles. The molecule has 0 aromatic rings. The summed E-state index contributed by atoms with van der Waals surface area (Å²) >= 11 is 6.89. The Hall–Kier alpha value is 0.560. The molecule has 0 aromatic heterocycles. The number of rotatable bonds is 8. The molecule has 0 saturated heterocycles. The van der Waals surface area contributed by atoms with Crippen molar-refractivity contribution in [3.8, 4) is 0 Å². The van der Waals surface area contributed by atoms with Crippen LogP contribution in [0.4, 0.5) is 8.78 Å². The van der Waals surface area contributed by atoms with E-state index in [4.69, 9.17) is 0 Å². The van der Waals surface area contributed by atoms with Gasteiger partial charge >= 0.3 is 0 Å². The Morgan fingerprint density at radius 2 is 1.00 bits per heavy atom. The van der Waals surface area contributed by atoms with Crippen LogP contribution in [-0.4, -0.2) is 9.65 Å². The van der Waals surface area contributed by atoms with Gasteiger partial charge in [-0.25, -0.2) is 8.78 Å². The highest BCUT2D eigenvalue weighted by Crippen LogP contribution is 2.36. The Morgan fingerprint density at radius 3 is 1.17 bits per heavy atom. The van der Waals surface area contributed by atoms with E-state index in [1.807, 2.05) is 27.7 Å². The molecule has 0 spiro atoms. The molecule has 0 saturated carbocycles. The van der Waals surface area contributed by atoms with E-state index in [0.29, 0.717) is 12.8 Å². The third-order valence-corrected chi connectivity index (χ3v) is 5.98. The first-order chi connectivity index (χ1) is 8.44. The standard InChI is InChI=1S/C14H24Br2F2/c1-5-9(11(15)7-3)13(17)14(18)10(6-2)12(16)8-4/h9-12H,5-8H2,1-4H3/b14-13+. The third-order valence-electron chi connectivity index (χ3n) is 3.41. The Kier molecular flexibility index (Phi) is 9.76. The van der Waals surface area contributed by atoms with Gasteiger partial charge in [-0.3, -0.25) is 0 Å². The lowest BCUT2D eigenvalue weighted by atomic mass is 9.92. The topological polar surface area (TPSA) is 0 Å². The van der Waals surface area contributed by atoms with E-state index >= 15 is 0 Å². The fraction of sp³-hybridized carbons (Fsp3) is 0.857. The molecule has 0 fully saturated rings. The average molecular weight is 390 g/mol. The molecular formula is C14H24Br2F2. The normalized spacial score (nSPS) is 20.0. The minimum atomic E-state index is -0.564. The molecule has 0 radical (unpaired) electrons. The average Bonchev–Trinajstić information content (AvgIpc) is 2.39. The molecule has 0 bridgehead atoms. The Balaban J connectivity index is 5.16. The van der Waals surface area contributed by atoms with Gasteiger partial charge in [0.2, 0.25) is 0 Å². The van der Waals surface area contributed by atoms with Crippen LogP contribution < -0.4 is 0 Å². The van der Waals surface area contributed by atoms with Crippen molar-refractivity contribution in [2.24, 2.45) is 11.8 Å². The second-order valence-electron chi connectivity index (χ2n) is 4.57. The fourth-order valence-electron chi connectivity index (χ4n) is 2.11. The van der Waals surface area contributed by atoms with Crippen LogP contribution >= 0.6 is 31.9 Å². The summed E-state index contributed by atoms with van der Waals surface area (Å²) in [6.45, 7) is 7.75. The molecule has 0 heterocycles. The molecule has 18 heavy (non-hydrogen) atoms. The van der Waals surface area contributed by atoms with Crippen LogP contribution in [0.1, 0.15) is 53.4 Å². The lowest BCUT2D eigenvalue weighted by Gasteiger charge is -2.23. The largest absolute Gasteiger partial charge is 0.209 e. The maximum atomic E-state index is 14.3. The van der Waals surface area contributed by atoms with E-state index in [0.717, 1.165) is 12.8 Å². The van der Waals surface area contributed by atoms with Gasteiger partial charge in [0.1, 0.15) is 11.7 Å². The summed E-state index contributed by atoms with van der Waals surface area (Å²) in [5, 5.41) is 0. The van der Waals surface area contributed by atoms with Crippen LogP contribution in [0, 0.1) is 11.8 Å². The maximum absolute atomic E-state index is 14.3. The van der Waals surface area contributed by atoms with Crippen LogP contribution in [0.15, 0.2) is 11.7 Å². The van der Waals surface area contributed by atoms with Gasteiger partial charge in [0.15, 0.2) is 0 Å². The zero-order valence-electron chi connectivity index (χ0n) is 11.6. The lowest BCUT2D eigenvalue weighted by molar-refractivity contribution is 0.354. The van der Waals surface area contributed by atoms with Gasteiger partial charge in [-0.15, -0.1) is 0 Å². The maximum Gasteiger partial charge on any atom is 0.136 e. The van der Waals surface area contributed by atoms with Gasteiger partial charge in [0.05, 0.1) is 0 Å². The lowest BCUT2D eigenvalue weighted by Crippen LogP contribution is -2.19. The highest BCUT2D eigenvalue weighted by molar-refractivity contribution is 9.09. The number of alkyl halides is 2. The van der Waals surface area contributed by atoms with E-state index in [2.05, 4.69) is 31.9 Å². The van der Waals surface area contributed by atoms with E-state index in [1.54, 1.807) is 0 Å². The van der Waals surface area contributed by atoms with Crippen LogP contribution in [0.2, 0.25) is 0 Å². The van der Waals surface area contributed by atoms with Crippen molar-refractivity contribution < 1.29 is 8.78 Å². The van der Waals surface area contributed by atoms with Gasteiger partial charge in [-0.05, 0) is 25.7 Å². The molecule has 4 atom stereocenters. The molecule has 108 valence electrons. The summed E-state index contributed by atoms with van der Waals surface area (Å²) in [5.74, 6) is -1.85. The predicted octanol–water partition coefficient (Wildman–Crippen LogP) is 6.54. The summed E-state index contributed by atoms with van der Waals surface area (Å²) in [5.41, 5.74) is 0. The van der Waals surface area contributed by atoms with Gasteiger partial charge < -0.3 is 0 Å². The Morgan fingerprint density at radius 1 is 0.722 bits per heavy atom. The van der Waals surface area contributed by atoms with E-state index < -0.39 is 11.7 Å². The van der Waals surface area contributed by atoms with Gasteiger partial charge in [0, 0.05) is 21.5 Å². The first-order valence-electron chi connectivity index (χ1n) is 6.77. The van der Waals surface area contributed by atoms with Gasteiger partial charge in [-0.1, -0.05) is 59.6 Å². The Labute approximate surface area is 127 Å². The zero-order valence-corrected chi connectivity index (χ0v) is 14.8. The quantitative estimate of drug-likeness (QED) is 0.413. The summed E-state index contributed by atoms with van der Waals surface area (Å²) in [6, 6.07) is 0. The second-order valence-corrected chi connectivity index (χ2v) is 6.93. The molecule has 0 aromatic carbocycles. The van der Waals surface area contributed by atoms with Gasteiger partial charge in [-0.2, -0.15) is 0 Å². The number of allylic oxidation sites excluding steroid dienone is 2. The number of halogens is 4. The summed E-state index contributed by atoms with van der Waals surface area (Å²) < 4.78 is 28.6. The first-order valence-corrected chi connectivity index (χ1v) is 8.60. The van der Waals surface area contributed by atoms with Gasteiger partial charge in [0.25, 0.3) is 0 Å². The van der Waals surface area contributed by atoms with Crippen molar-refractivity contribution in [2.45, 2.75) is 63.0 Å². The highest BCUT2D eigenvalue weighted by Gasteiger charge is 2.29. The third kappa shape index (κ3) is 4.92. The number of hydrogen-bond acceptors (Lipinski definition) is 0. The van der Waals surface area contributed by atoms with Crippen molar-refractivity contribution in [3.05, 3.63) is 11.7 Å². The molecule has 0 amide bonds.